The molecule has 11 heteroatoms. The van der Waals surface area contributed by atoms with Gasteiger partial charge in [-0.05, 0) is 114 Å². The summed E-state index contributed by atoms with van der Waals surface area (Å²) in [6.07, 6.45) is 12.2. The van der Waals surface area contributed by atoms with Crippen molar-refractivity contribution in [2.75, 3.05) is 26.7 Å². The molecule has 3 aliphatic carbocycles. The monoisotopic (exact) mass is 753 g/mol. The molecule has 4 N–H and O–H groups in total. The fraction of sp³-hybridized carbons (Fsp3) is 0.444. The van der Waals surface area contributed by atoms with Gasteiger partial charge in [0, 0.05) is 6.54 Å². The smallest absolute Gasteiger partial charge is 0.407 e. The van der Waals surface area contributed by atoms with E-state index in [1.165, 1.54) is 60.6 Å². The number of carbonyl (C=O) groups is 2. The van der Waals surface area contributed by atoms with E-state index in [1.807, 2.05) is 18.3 Å². The van der Waals surface area contributed by atoms with E-state index < -0.39 is 11.6 Å². The minimum atomic E-state index is -0.652. The highest BCUT2D eigenvalue weighted by Crippen LogP contribution is 2.61. The number of rotatable bonds is 11. The number of benzene rings is 3. The van der Waals surface area contributed by atoms with Crippen molar-refractivity contribution < 1.29 is 14.3 Å². The molecule has 1 unspecified atom stereocenters. The Morgan fingerprint density at radius 3 is 2.38 bits per heavy atom. The third-order valence-electron chi connectivity index (χ3n) is 13.2. The van der Waals surface area contributed by atoms with Crippen LogP contribution in [0.1, 0.15) is 94.0 Å². The fourth-order valence-electron chi connectivity index (χ4n) is 10.4. The normalized spacial score (nSPS) is 21.0. The number of amides is 2. The molecule has 9 rings (SSSR count). The third kappa shape index (κ3) is 6.20. The molecule has 2 saturated carbocycles. The van der Waals surface area contributed by atoms with Crippen LogP contribution in [0.3, 0.4) is 0 Å². The number of hydrogen-bond acceptors (Lipinski definition) is 7. The van der Waals surface area contributed by atoms with Crippen molar-refractivity contribution in [3.63, 3.8) is 0 Å². The van der Waals surface area contributed by atoms with Crippen molar-refractivity contribution in [3.8, 4) is 33.5 Å². The number of nitrogens with zero attached hydrogens (tertiary/aromatic N) is 3. The summed E-state index contributed by atoms with van der Waals surface area (Å²) in [6, 6.07) is 19.7. The van der Waals surface area contributed by atoms with Gasteiger partial charge in [-0.15, -0.1) is 0 Å². The first-order chi connectivity index (χ1) is 27.3. The standard InChI is InChI=1S/C45H51N7O4/c1-4-8-37(46-5-2)40-47-25-38(49-40)28-11-9-27(10-12-28)31-14-15-32(35-24-44(23-34(31)35)18-6-7-19-44)29-13-16-36-33(21-29)41(54)51-42(50-36)45-22-30(45)17-20-52(45)39(53)26-48-43(55)56-3/h9-16,21,25,30,37,46H,4-8,17-20,22-24,26H2,1-3H3,(H,47,49)(H,48,55)(H,50,51,54)/t30?,37-,45+/m0/s1. The van der Waals surface area contributed by atoms with Gasteiger partial charge in [0.15, 0.2) is 0 Å². The lowest BCUT2D eigenvalue weighted by Crippen LogP contribution is -2.45. The molecule has 3 heterocycles. The molecule has 4 aliphatic rings. The maximum absolute atomic E-state index is 13.8. The molecule has 0 radical (unpaired) electrons. The van der Waals surface area contributed by atoms with Crippen molar-refractivity contribution in [1.29, 1.82) is 0 Å². The zero-order valence-electron chi connectivity index (χ0n) is 32.6. The molecule has 56 heavy (non-hydrogen) atoms. The Bertz CT molecular complexity index is 2370. The highest BCUT2D eigenvalue weighted by atomic mass is 16.5. The first-order valence-electron chi connectivity index (χ1n) is 20.5. The van der Waals surface area contributed by atoms with E-state index in [-0.39, 0.29) is 30.0 Å². The number of alkyl carbamates (subject to hydrolysis) is 1. The minimum absolute atomic E-state index is 0.166. The summed E-state index contributed by atoms with van der Waals surface area (Å²) in [5.74, 6) is 1.53. The van der Waals surface area contributed by atoms with Gasteiger partial charge in [-0.2, -0.15) is 0 Å². The molecule has 2 aromatic heterocycles. The first kappa shape index (κ1) is 36.4. The van der Waals surface area contributed by atoms with Crippen LogP contribution >= 0.6 is 0 Å². The number of carbonyl (C=O) groups excluding carboxylic acids is 2. The summed E-state index contributed by atoms with van der Waals surface area (Å²) in [4.78, 5) is 56.8. The molecule has 3 aromatic carbocycles. The van der Waals surface area contributed by atoms with E-state index in [9.17, 15) is 14.4 Å². The largest absolute Gasteiger partial charge is 0.453 e. The molecule has 5 aromatic rings. The second-order valence-electron chi connectivity index (χ2n) is 16.5. The van der Waals surface area contributed by atoms with Crippen LogP contribution in [-0.4, -0.2) is 63.6 Å². The second kappa shape index (κ2) is 14.3. The van der Waals surface area contributed by atoms with Crippen LogP contribution in [-0.2, 0) is 27.9 Å². The maximum atomic E-state index is 13.8. The molecule has 1 spiro atoms. The Balaban J connectivity index is 1.02. The Kier molecular flexibility index (Phi) is 9.31. The molecule has 3 fully saturated rings. The highest BCUT2D eigenvalue weighted by molar-refractivity contribution is 5.87. The van der Waals surface area contributed by atoms with E-state index in [2.05, 4.69) is 81.7 Å². The van der Waals surface area contributed by atoms with E-state index in [0.717, 1.165) is 67.7 Å². The van der Waals surface area contributed by atoms with Gasteiger partial charge in [-0.1, -0.05) is 75.6 Å². The van der Waals surface area contributed by atoms with Crippen molar-refractivity contribution in [3.05, 3.63) is 93.9 Å². The van der Waals surface area contributed by atoms with Crippen LogP contribution in [0.2, 0.25) is 0 Å². The SMILES string of the molecule is CCC[C@H](NCC)c1ncc(-c2ccc(-c3ccc(-c4ccc5nc([C@@]67CC6CCN7C(=O)CNC(=O)OC)[nH]c(=O)c5c4)c4c3CC3(CCCC3)C4)cc2)[nH]1. The number of methoxy groups -OCH3 is 1. The summed E-state index contributed by atoms with van der Waals surface area (Å²) in [7, 11) is 1.27. The van der Waals surface area contributed by atoms with Gasteiger partial charge in [-0.3, -0.25) is 9.59 Å². The van der Waals surface area contributed by atoms with Crippen molar-refractivity contribution in [1.82, 2.24) is 35.5 Å². The van der Waals surface area contributed by atoms with Crippen molar-refractivity contribution >= 4 is 22.9 Å². The lowest BCUT2D eigenvalue weighted by atomic mass is 9.82. The summed E-state index contributed by atoms with van der Waals surface area (Å²) in [6.45, 7) is 5.63. The van der Waals surface area contributed by atoms with Gasteiger partial charge in [-0.25, -0.2) is 14.8 Å². The third-order valence-corrected chi connectivity index (χ3v) is 13.2. The van der Waals surface area contributed by atoms with Crippen LogP contribution in [0.25, 0.3) is 44.4 Å². The number of imidazole rings is 1. The lowest BCUT2D eigenvalue weighted by molar-refractivity contribution is -0.132. The Labute approximate surface area is 327 Å². The molecule has 3 atom stereocenters. The zero-order chi connectivity index (χ0) is 38.6. The molecular weight excluding hydrogens is 703 g/mol. The van der Waals surface area contributed by atoms with Gasteiger partial charge in [0.2, 0.25) is 5.91 Å². The number of likely N-dealkylation sites (tertiary alicyclic amines) is 1. The number of fused-ring (bicyclic) bond motifs is 3. The number of ether oxygens (including phenoxy) is 1. The number of piperidine rings is 1. The molecule has 1 saturated heterocycles. The average molecular weight is 754 g/mol. The molecular formula is C45H51N7O4. The van der Waals surface area contributed by atoms with Crippen LogP contribution in [0.5, 0.6) is 0 Å². The van der Waals surface area contributed by atoms with E-state index >= 15 is 0 Å². The number of H-pyrrole nitrogens is 2. The lowest BCUT2D eigenvalue weighted by Gasteiger charge is -2.28. The number of nitrogens with one attached hydrogen (secondary N) is 4. The topological polar surface area (TPSA) is 145 Å². The quantitative estimate of drug-likeness (QED) is 0.109. The summed E-state index contributed by atoms with van der Waals surface area (Å²) < 4.78 is 4.64. The van der Waals surface area contributed by atoms with Gasteiger partial charge in [0.25, 0.3) is 5.56 Å². The van der Waals surface area contributed by atoms with Gasteiger partial charge < -0.3 is 30.2 Å². The van der Waals surface area contributed by atoms with Crippen LogP contribution in [0, 0.1) is 11.3 Å². The molecule has 1 aliphatic heterocycles. The summed E-state index contributed by atoms with van der Waals surface area (Å²) in [5, 5.41) is 6.59. The van der Waals surface area contributed by atoms with Crippen molar-refractivity contribution in [2.45, 2.75) is 89.6 Å². The predicted octanol–water partition coefficient (Wildman–Crippen LogP) is 7.56. The predicted molar refractivity (Wildman–Crippen MR) is 217 cm³/mol. The Morgan fingerprint density at radius 2 is 1.68 bits per heavy atom. The molecule has 11 nitrogen and oxygen atoms in total. The average Bonchev–Trinajstić information content (AvgIpc) is 3.73. The summed E-state index contributed by atoms with van der Waals surface area (Å²) in [5.41, 5.74) is 9.77. The van der Waals surface area contributed by atoms with Crippen LogP contribution in [0.15, 0.2) is 65.6 Å². The van der Waals surface area contributed by atoms with Crippen LogP contribution in [0.4, 0.5) is 4.79 Å². The first-order valence-corrected chi connectivity index (χ1v) is 20.5. The fourth-order valence-corrected chi connectivity index (χ4v) is 10.4. The van der Waals surface area contributed by atoms with Gasteiger partial charge in [0.1, 0.15) is 23.7 Å². The maximum Gasteiger partial charge on any atom is 0.407 e. The van der Waals surface area contributed by atoms with Crippen LogP contribution < -0.4 is 16.2 Å². The number of aromatic nitrogens is 4. The Morgan fingerprint density at radius 1 is 0.964 bits per heavy atom. The highest BCUT2D eigenvalue weighted by Gasteiger charge is 2.66. The molecule has 0 bridgehead atoms. The molecule has 290 valence electrons. The van der Waals surface area contributed by atoms with E-state index in [0.29, 0.717) is 28.7 Å². The zero-order valence-corrected chi connectivity index (χ0v) is 32.6. The van der Waals surface area contributed by atoms with Crippen molar-refractivity contribution in [2.24, 2.45) is 11.3 Å². The minimum Gasteiger partial charge on any atom is -0.453 e. The van der Waals surface area contributed by atoms with E-state index in [1.54, 1.807) is 4.90 Å². The molecule has 2 amide bonds. The van der Waals surface area contributed by atoms with Gasteiger partial charge >= 0.3 is 6.09 Å². The number of aromatic amines is 2. The summed E-state index contributed by atoms with van der Waals surface area (Å²) >= 11 is 0. The second-order valence-corrected chi connectivity index (χ2v) is 16.5. The van der Waals surface area contributed by atoms with Gasteiger partial charge in [0.05, 0.1) is 35.9 Å². The number of hydrogen-bond donors (Lipinski definition) is 4. The van der Waals surface area contributed by atoms with E-state index in [4.69, 9.17) is 9.97 Å². The Hall–Kier alpha value is -5.29.